The molecule has 2 rings (SSSR count). The molecule has 0 aliphatic carbocycles. The summed E-state index contributed by atoms with van der Waals surface area (Å²) in [5.74, 6) is 0.585. The Morgan fingerprint density at radius 2 is 2.00 bits per heavy atom. The lowest BCUT2D eigenvalue weighted by molar-refractivity contribution is -0.142. The average molecular weight is 341 g/mol. The standard InChI is InChI=1S/C16H23NO5S/c1-10(18)21-5-6-22-12-9-23-14-7-13(20)17(14)15(12)11(19)8-16(2,3)4/h14H,5-9H2,1-4H3/t14-/m1/s1. The maximum atomic E-state index is 12.7. The Hall–Kier alpha value is -1.50. The Balaban J connectivity index is 2.13. The molecule has 2 aliphatic rings. The van der Waals surface area contributed by atoms with Gasteiger partial charge in [0.05, 0.1) is 17.5 Å². The van der Waals surface area contributed by atoms with Crippen LogP contribution in [0.3, 0.4) is 0 Å². The maximum absolute atomic E-state index is 12.7. The molecule has 1 saturated heterocycles. The molecule has 6 nitrogen and oxygen atoms in total. The molecule has 0 unspecified atom stereocenters. The molecule has 1 amide bonds. The van der Waals surface area contributed by atoms with Crippen LogP contribution in [-0.2, 0) is 23.9 Å². The Morgan fingerprint density at radius 1 is 1.30 bits per heavy atom. The predicted molar refractivity (Wildman–Crippen MR) is 86.4 cm³/mol. The van der Waals surface area contributed by atoms with Gasteiger partial charge in [-0.2, -0.15) is 0 Å². The van der Waals surface area contributed by atoms with Crippen LogP contribution in [0.2, 0.25) is 0 Å². The number of β-lactam (4-membered cyclic amide) rings is 1. The van der Waals surface area contributed by atoms with E-state index in [0.717, 1.165) is 0 Å². The minimum Gasteiger partial charge on any atom is -0.491 e. The second-order valence-corrected chi connectivity index (χ2v) is 8.02. The first-order chi connectivity index (χ1) is 10.7. The van der Waals surface area contributed by atoms with Crippen molar-refractivity contribution < 1.29 is 23.9 Å². The fraction of sp³-hybridized carbons (Fsp3) is 0.688. The van der Waals surface area contributed by atoms with Crippen LogP contribution in [0.5, 0.6) is 0 Å². The number of ketones is 1. The number of ether oxygens (including phenoxy) is 2. The van der Waals surface area contributed by atoms with Crippen LogP contribution in [0.1, 0.15) is 40.5 Å². The third-order valence-electron chi connectivity index (χ3n) is 3.44. The first-order valence-corrected chi connectivity index (χ1v) is 8.70. The number of amides is 1. The fourth-order valence-corrected chi connectivity index (χ4v) is 3.68. The van der Waals surface area contributed by atoms with Gasteiger partial charge in [-0.1, -0.05) is 20.8 Å². The number of hydrogen-bond acceptors (Lipinski definition) is 6. The van der Waals surface area contributed by atoms with Crippen molar-refractivity contribution in [1.29, 1.82) is 0 Å². The summed E-state index contributed by atoms with van der Waals surface area (Å²) in [5, 5.41) is 0.0437. The first-order valence-electron chi connectivity index (χ1n) is 7.65. The van der Waals surface area contributed by atoms with Crippen molar-refractivity contribution in [2.45, 2.75) is 45.9 Å². The van der Waals surface area contributed by atoms with E-state index >= 15 is 0 Å². The van der Waals surface area contributed by atoms with Crippen molar-refractivity contribution in [1.82, 2.24) is 4.90 Å². The Kier molecular flexibility index (Phi) is 5.39. The molecule has 2 aliphatic heterocycles. The van der Waals surface area contributed by atoms with E-state index < -0.39 is 0 Å². The monoisotopic (exact) mass is 341 g/mol. The van der Waals surface area contributed by atoms with Gasteiger partial charge in [-0.25, -0.2) is 0 Å². The number of carbonyl (C=O) groups is 3. The predicted octanol–water partition coefficient (Wildman–Crippen LogP) is 2.09. The molecule has 0 spiro atoms. The molecule has 23 heavy (non-hydrogen) atoms. The number of esters is 1. The number of allylic oxidation sites excluding steroid dienone is 1. The zero-order chi connectivity index (χ0) is 17.2. The van der Waals surface area contributed by atoms with Crippen molar-refractivity contribution >= 4 is 29.4 Å². The van der Waals surface area contributed by atoms with Crippen molar-refractivity contribution in [3.05, 3.63) is 11.5 Å². The molecule has 7 heteroatoms. The van der Waals surface area contributed by atoms with Gasteiger partial charge in [-0.05, 0) is 5.41 Å². The Morgan fingerprint density at radius 3 is 2.57 bits per heavy atom. The van der Waals surface area contributed by atoms with Gasteiger partial charge in [-0.3, -0.25) is 19.3 Å². The highest BCUT2D eigenvalue weighted by molar-refractivity contribution is 8.00. The van der Waals surface area contributed by atoms with E-state index in [4.69, 9.17) is 9.47 Å². The average Bonchev–Trinajstić information content (AvgIpc) is 2.40. The lowest BCUT2D eigenvalue weighted by Gasteiger charge is -2.44. The molecule has 0 saturated carbocycles. The van der Waals surface area contributed by atoms with Crippen LogP contribution < -0.4 is 0 Å². The number of hydrogen-bond donors (Lipinski definition) is 0. The SMILES string of the molecule is CC(=O)OCCOC1=C(C(=O)CC(C)(C)C)N2C(=O)C[C@H]2SC1. The molecule has 0 radical (unpaired) electrons. The highest BCUT2D eigenvalue weighted by Gasteiger charge is 2.46. The van der Waals surface area contributed by atoms with Crippen molar-refractivity contribution in [2.75, 3.05) is 19.0 Å². The number of carbonyl (C=O) groups excluding carboxylic acids is 3. The summed E-state index contributed by atoms with van der Waals surface area (Å²) in [5.41, 5.74) is 0.226. The largest absolute Gasteiger partial charge is 0.491 e. The number of fused-ring (bicyclic) bond motifs is 1. The molecule has 128 valence electrons. The van der Waals surface area contributed by atoms with Crippen LogP contribution in [0.25, 0.3) is 0 Å². The van der Waals surface area contributed by atoms with Gasteiger partial charge in [0, 0.05) is 13.3 Å². The number of Topliss-reactive ketones (excluding diaryl/α,β-unsaturated/α-hetero) is 1. The molecule has 0 bridgehead atoms. The highest BCUT2D eigenvalue weighted by atomic mass is 32.2. The van der Waals surface area contributed by atoms with Crippen LogP contribution in [0.4, 0.5) is 0 Å². The summed E-state index contributed by atoms with van der Waals surface area (Å²) in [6.07, 6.45) is 0.817. The zero-order valence-corrected chi connectivity index (χ0v) is 14.8. The second kappa shape index (κ2) is 6.95. The fourth-order valence-electron chi connectivity index (χ4n) is 2.48. The van der Waals surface area contributed by atoms with Gasteiger partial charge in [0.1, 0.15) is 24.7 Å². The van der Waals surface area contributed by atoms with Gasteiger partial charge in [-0.15, -0.1) is 11.8 Å². The van der Waals surface area contributed by atoms with Crippen LogP contribution in [0.15, 0.2) is 11.5 Å². The molecule has 0 aromatic carbocycles. The van der Waals surface area contributed by atoms with Gasteiger partial charge < -0.3 is 9.47 Å². The van der Waals surface area contributed by atoms with Crippen molar-refractivity contribution in [2.24, 2.45) is 5.41 Å². The third-order valence-corrected chi connectivity index (χ3v) is 4.63. The van der Waals surface area contributed by atoms with Crippen molar-refractivity contribution in [3.8, 4) is 0 Å². The van der Waals surface area contributed by atoms with E-state index in [1.165, 1.54) is 6.92 Å². The maximum Gasteiger partial charge on any atom is 0.302 e. The molecule has 0 aromatic heterocycles. The zero-order valence-electron chi connectivity index (χ0n) is 14.0. The first kappa shape index (κ1) is 17.8. The van der Waals surface area contributed by atoms with Gasteiger partial charge >= 0.3 is 5.97 Å². The Labute approximate surface area is 140 Å². The number of nitrogens with zero attached hydrogens (tertiary/aromatic N) is 1. The van der Waals surface area contributed by atoms with E-state index in [-0.39, 0.29) is 41.7 Å². The normalized spacial score (nSPS) is 20.8. The number of thioether (sulfide) groups is 1. The third kappa shape index (κ3) is 4.50. The minimum atomic E-state index is -0.373. The lowest BCUT2D eigenvalue weighted by atomic mass is 9.88. The summed E-state index contributed by atoms with van der Waals surface area (Å²) >= 11 is 1.59. The van der Waals surface area contributed by atoms with E-state index in [1.54, 1.807) is 16.7 Å². The summed E-state index contributed by atoms with van der Waals surface area (Å²) in [4.78, 5) is 36.9. The summed E-state index contributed by atoms with van der Waals surface area (Å²) < 4.78 is 10.5. The molecular weight excluding hydrogens is 318 g/mol. The van der Waals surface area contributed by atoms with E-state index in [2.05, 4.69) is 0 Å². The summed E-state index contributed by atoms with van der Waals surface area (Å²) in [7, 11) is 0. The highest BCUT2D eigenvalue weighted by Crippen LogP contribution is 2.41. The molecule has 1 atom stereocenters. The molecule has 2 heterocycles. The van der Waals surface area contributed by atoms with Gasteiger partial charge in [0.15, 0.2) is 5.78 Å². The minimum absolute atomic E-state index is 0.0412. The smallest absolute Gasteiger partial charge is 0.302 e. The second-order valence-electron chi connectivity index (χ2n) is 6.85. The molecule has 0 aromatic rings. The number of rotatable bonds is 6. The summed E-state index contributed by atoms with van der Waals surface area (Å²) in [6.45, 7) is 7.59. The quantitative estimate of drug-likeness (QED) is 0.418. The van der Waals surface area contributed by atoms with Crippen LogP contribution in [-0.4, -0.2) is 46.9 Å². The van der Waals surface area contributed by atoms with Crippen molar-refractivity contribution in [3.63, 3.8) is 0 Å². The summed E-state index contributed by atoms with van der Waals surface area (Å²) in [6, 6.07) is 0. The molecule has 0 N–H and O–H groups in total. The van der Waals surface area contributed by atoms with E-state index in [0.29, 0.717) is 30.1 Å². The van der Waals surface area contributed by atoms with Crippen LogP contribution >= 0.6 is 11.8 Å². The van der Waals surface area contributed by atoms with E-state index in [1.807, 2.05) is 20.8 Å². The van der Waals surface area contributed by atoms with E-state index in [9.17, 15) is 14.4 Å². The topological polar surface area (TPSA) is 72.9 Å². The Bertz CT molecular complexity index is 549. The van der Waals surface area contributed by atoms with Gasteiger partial charge in [0.25, 0.3) is 0 Å². The van der Waals surface area contributed by atoms with Crippen LogP contribution in [0, 0.1) is 5.41 Å². The molecular formula is C16H23NO5S. The molecule has 1 fully saturated rings. The van der Waals surface area contributed by atoms with Gasteiger partial charge in [0.2, 0.25) is 5.91 Å². The lowest BCUT2D eigenvalue weighted by Crippen LogP contribution is -2.54.